The Bertz CT molecular complexity index is 1000. The summed E-state index contributed by atoms with van der Waals surface area (Å²) in [5, 5.41) is 0. The van der Waals surface area contributed by atoms with Crippen LogP contribution in [0.2, 0.25) is 0 Å². The molecule has 4 rings (SSSR count). The van der Waals surface area contributed by atoms with Crippen LogP contribution in [0.4, 0.5) is 0 Å². The van der Waals surface area contributed by atoms with Gasteiger partial charge in [0.15, 0.2) is 0 Å². The summed E-state index contributed by atoms with van der Waals surface area (Å²) in [5.41, 5.74) is 3.13. The van der Waals surface area contributed by atoms with Gasteiger partial charge in [-0.05, 0) is 50.1 Å². The molecule has 146 valence electrons. The smallest absolute Gasteiger partial charge is 0.323 e. The Balaban J connectivity index is 1.32. The number of imidazole rings is 1. The lowest BCUT2D eigenvalue weighted by molar-refractivity contribution is 0.0647. The van der Waals surface area contributed by atoms with Gasteiger partial charge in [-0.15, -0.1) is 0 Å². The highest BCUT2D eigenvalue weighted by molar-refractivity contribution is 5.97. The molecule has 0 radical (unpaired) electrons. The molecule has 2 aromatic carbocycles. The number of likely N-dealkylation sites (tertiary alicyclic amines) is 1. The van der Waals surface area contributed by atoms with E-state index < -0.39 is 0 Å². The van der Waals surface area contributed by atoms with Crippen LogP contribution in [0.15, 0.2) is 53.3 Å². The van der Waals surface area contributed by atoms with E-state index in [-0.39, 0.29) is 11.6 Å². The highest BCUT2D eigenvalue weighted by atomic mass is 16.2. The fourth-order valence-electron chi connectivity index (χ4n) is 3.99. The number of carbonyl (C=O) groups excluding carboxylic acids is 1. The summed E-state index contributed by atoms with van der Waals surface area (Å²) in [6.45, 7) is 2.56. The molecule has 28 heavy (non-hydrogen) atoms. The molecule has 1 amide bonds. The average molecular weight is 378 g/mol. The van der Waals surface area contributed by atoms with Crippen LogP contribution in [0.25, 0.3) is 11.0 Å². The van der Waals surface area contributed by atoms with Gasteiger partial charge in [-0.2, -0.15) is 0 Å². The number of hydrogen-bond acceptors (Lipinski definition) is 3. The quantitative estimate of drug-likeness (QED) is 0.717. The minimum absolute atomic E-state index is 0.0364. The van der Waals surface area contributed by atoms with E-state index in [9.17, 15) is 9.59 Å². The maximum absolute atomic E-state index is 12.8. The van der Waals surface area contributed by atoms with Crippen molar-refractivity contribution in [3.05, 3.63) is 70.1 Å². The van der Waals surface area contributed by atoms with Crippen molar-refractivity contribution in [1.29, 1.82) is 0 Å². The number of aromatic nitrogens is 2. The minimum Gasteiger partial charge on any atom is -0.339 e. The lowest BCUT2D eigenvalue weighted by Gasteiger charge is -2.37. The number of H-pyrrole nitrogens is 2. The molecule has 1 aliphatic rings. The number of carbonyl (C=O) groups is 1. The number of likely N-dealkylation sites (N-methyl/N-ethyl adjacent to an activating group) is 1. The first kappa shape index (κ1) is 18.5. The van der Waals surface area contributed by atoms with Crippen molar-refractivity contribution in [3.63, 3.8) is 0 Å². The maximum atomic E-state index is 12.8. The van der Waals surface area contributed by atoms with Crippen molar-refractivity contribution >= 4 is 16.9 Å². The van der Waals surface area contributed by atoms with Crippen LogP contribution >= 0.6 is 0 Å². The molecule has 1 saturated heterocycles. The number of benzene rings is 2. The van der Waals surface area contributed by atoms with Crippen molar-refractivity contribution in [3.8, 4) is 0 Å². The Kier molecular flexibility index (Phi) is 5.30. The van der Waals surface area contributed by atoms with Gasteiger partial charge < -0.3 is 19.8 Å². The van der Waals surface area contributed by atoms with E-state index in [1.54, 1.807) is 18.2 Å². The zero-order valence-corrected chi connectivity index (χ0v) is 16.1. The number of piperidine rings is 1. The summed E-state index contributed by atoms with van der Waals surface area (Å²) in [6, 6.07) is 16.4. The van der Waals surface area contributed by atoms with Gasteiger partial charge in [0.2, 0.25) is 0 Å². The Morgan fingerprint density at radius 2 is 1.79 bits per heavy atom. The molecule has 0 aliphatic carbocycles. The average Bonchev–Trinajstić information content (AvgIpc) is 3.11. The molecule has 3 aromatic rings. The topological polar surface area (TPSA) is 72.2 Å². The van der Waals surface area contributed by atoms with E-state index in [1.807, 2.05) is 11.0 Å². The fraction of sp³-hybridized carbons (Fsp3) is 0.364. The second-order valence-electron chi connectivity index (χ2n) is 7.58. The first-order valence-corrected chi connectivity index (χ1v) is 9.85. The van der Waals surface area contributed by atoms with E-state index in [4.69, 9.17) is 0 Å². The lowest BCUT2D eigenvalue weighted by atomic mass is 10.0. The van der Waals surface area contributed by atoms with Gasteiger partial charge in [0, 0.05) is 31.2 Å². The molecule has 0 spiro atoms. The Hall–Kier alpha value is -2.86. The first-order valence-electron chi connectivity index (χ1n) is 9.85. The summed E-state index contributed by atoms with van der Waals surface area (Å²) in [6.07, 6.45) is 3.02. The SMILES string of the molecule is CN(CCc1ccccc1)C1CCN(C(=O)c2ccc3[nH]c(=O)[nH]c3c2)CC1. The fourth-order valence-corrected chi connectivity index (χ4v) is 3.99. The number of fused-ring (bicyclic) bond motifs is 1. The van der Waals surface area contributed by atoms with E-state index in [0.29, 0.717) is 17.1 Å². The van der Waals surface area contributed by atoms with Gasteiger partial charge in [-0.3, -0.25) is 4.79 Å². The van der Waals surface area contributed by atoms with Crippen LogP contribution in [0.3, 0.4) is 0 Å². The highest BCUT2D eigenvalue weighted by Crippen LogP contribution is 2.19. The van der Waals surface area contributed by atoms with Gasteiger partial charge in [0.1, 0.15) is 0 Å². The molecule has 0 unspecified atom stereocenters. The molecule has 0 atom stereocenters. The first-order chi connectivity index (χ1) is 13.6. The molecule has 1 fully saturated rings. The molecule has 2 heterocycles. The Morgan fingerprint density at radius 3 is 2.54 bits per heavy atom. The zero-order chi connectivity index (χ0) is 19.5. The third-order valence-electron chi connectivity index (χ3n) is 5.73. The van der Waals surface area contributed by atoms with Crippen LogP contribution in [-0.4, -0.2) is 58.4 Å². The maximum Gasteiger partial charge on any atom is 0.323 e. The van der Waals surface area contributed by atoms with Crippen molar-refractivity contribution in [2.45, 2.75) is 25.3 Å². The summed E-state index contributed by atoms with van der Waals surface area (Å²) < 4.78 is 0. The summed E-state index contributed by atoms with van der Waals surface area (Å²) in [4.78, 5) is 34.0. The summed E-state index contributed by atoms with van der Waals surface area (Å²) in [7, 11) is 2.18. The Labute approximate surface area is 164 Å². The van der Waals surface area contributed by atoms with Gasteiger partial charge in [0.05, 0.1) is 11.0 Å². The number of hydrogen-bond donors (Lipinski definition) is 2. The zero-order valence-electron chi connectivity index (χ0n) is 16.1. The minimum atomic E-state index is -0.251. The molecular weight excluding hydrogens is 352 g/mol. The second kappa shape index (κ2) is 8.02. The molecule has 1 aromatic heterocycles. The standard InChI is InChI=1S/C22H26N4O2/c1-25(12-9-16-5-3-2-4-6-16)18-10-13-26(14-11-18)21(27)17-7-8-19-20(15-17)24-22(28)23-19/h2-8,15,18H,9-14H2,1H3,(H2,23,24,28). The monoisotopic (exact) mass is 378 g/mol. The normalized spacial score (nSPS) is 15.4. The molecule has 6 heteroatoms. The van der Waals surface area contributed by atoms with Crippen molar-refractivity contribution in [2.24, 2.45) is 0 Å². The van der Waals surface area contributed by atoms with Gasteiger partial charge in [-0.1, -0.05) is 30.3 Å². The van der Waals surface area contributed by atoms with Gasteiger partial charge in [0.25, 0.3) is 5.91 Å². The van der Waals surface area contributed by atoms with E-state index >= 15 is 0 Å². The predicted octanol–water partition coefficient (Wildman–Crippen LogP) is 2.64. The molecule has 0 bridgehead atoms. The van der Waals surface area contributed by atoms with Crippen LogP contribution in [0.1, 0.15) is 28.8 Å². The third kappa shape index (κ3) is 4.02. The number of amides is 1. The van der Waals surface area contributed by atoms with Gasteiger partial charge >= 0.3 is 5.69 Å². The molecule has 0 saturated carbocycles. The Morgan fingerprint density at radius 1 is 1.07 bits per heavy atom. The van der Waals surface area contributed by atoms with Crippen LogP contribution in [0, 0.1) is 0 Å². The van der Waals surface area contributed by atoms with E-state index in [0.717, 1.165) is 44.4 Å². The van der Waals surface area contributed by atoms with Crippen LogP contribution in [0.5, 0.6) is 0 Å². The highest BCUT2D eigenvalue weighted by Gasteiger charge is 2.26. The summed E-state index contributed by atoms with van der Waals surface area (Å²) >= 11 is 0. The molecule has 6 nitrogen and oxygen atoms in total. The van der Waals surface area contributed by atoms with Gasteiger partial charge in [-0.25, -0.2) is 4.79 Å². The molecule has 2 N–H and O–H groups in total. The van der Waals surface area contributed by atoms with Crippen molar-refractivity contribution in [2.75, 3.05) is 26.7 Å². The number of nitrogens with zero attached hydrogens (tertiary/aromatic N) is 2. The molecule has 1 aliphatic heterocycles. The largest absolute Gasteiger partial charge is 0.339 e. The van der Waals surface area contributed by atoms with E-state index in [2.05, 4.69) is 46.2 Å². The number of rotatable bonds is 5. The molecular formula is C22H26N4O2. The second-order valence-corrected chi connectivity index (χ2v) is 7.58. The van der Waals surface area contributed by atoms with Crippen molar-refractivity contribution in [1.82, 2.24) is 19.8 Å². The number of aromatic amines is 2. The van der Waals surface area contributed by atoms with Crippen LogP contribution < -0.4 is 5.69 Å². The lowest BCUT2D eigenvalue weighted by Crippen LogP contribution is -2.46. The third-order valence-corrected chi connectivity index (χ3v) is 5.73. The van der Waals surface area contributed by atoms with E-state index in [1.165, 1.54) is 5.56 Å². The predicted molar refractivity (Wildman–Crippen MR) is 111 cm³/mol. The number of nitrogens with one attached hydrogen (secondary N) is 2. The van der Waals surface area contributed by atoms with Crippen LogP contribution in [-0.2, 0) is 6.42 Å². The van der Waals surface area contributed by atoms with Crippen molar-refractivity contribution < 1.29 is 4.79 Å². The summed E-state index contributed by atoms with van der Waals surface area (Å²) in [5.74, 6) is 0.0364.